The summed E-state index contributed by atoms with van der Waals surface area (Å²) in [4.78, 5) is 11.8. The number of amides is 2. The number of carbonyl (C=O) groups is 1. The van der Waals surface area contributed by atoms with Crippen LogP contribution in [0, 0.1) is 0 Å². The average Bonchev–Trinajstić information content (AvgIpc) is 2.71. The van der Waals surface area contributed by atoms with Crippen LogP contribution in [0.4, 0.5) is 22.1 Å². The first-order valence-electron chi connectivity index (χ1n) is 6.35. The number of hydrogen-bond donors (Lipinski definition) is 3. The van der Waals surface area contributed by atoms with Gasteiger partial charge in [-0.15, -0.1) is 0 Å². The fraction of sp³-hybridized carbons (Fsp3) is 0.286. The number of carbonyl (C=O) groups excluding carboxylic acids is 1. The zero-order chi connectivity index (χ0) is 14.8. The smallest absolute Gasteiger partial charge is 0.324 e. The van der Waals surface area contributed by atoms with Gasteiger partial charge in [-0.3, -0.25) is 5.32 Å². The Morgan fingerprint density at radius 2 is 1.85 bits per heavy atom. The number of anilines is 3. The first kappa shape index (κ1) is 13.9. The van der Waals surface area contributed by atoms with Gasteiger partial charge in [0.25, 0.3) is 0 Å². The molecule has 0 bridgehead atoms. The van der Waals surface area contributed by atoms with E-state index in [4.69, 9.17) is 5.73 Å². The van der Waals surface area contributed by atoms with Crippen molar-refractivity contribution < 1.29 is 4.79 Å². The molecule has 1 aromatic heterocycles. The Hall–Kier alpha value is -2.50. The van der Waals surface area contributed by atoms with Gasteiger partial charge in [0, 0.05) is 11.8 Å². The van der Waals surface area contributed by atoms with Crippen LogP contribution < -0.4 is 16.4 Å². The number of urea groups is 1. The minimum absolute atomic E-state index is 0.236. The Balaban J connectivity index is 2.05. The van der Waals surface area contributed by atoms with Crippen LogP contribution in [0.25, 0.3) is 0 Å². The molecule has 0 saturated heterocycles. The summed E-state index contributed by atoms with van der Waals surface area (Å²) in [6, 6.07) is 10.5. The second-order valence-electron chi connectivity index (χ2n) is 5.48. The minimum atomic E-state index is -0.352. The highest BCUT2D eigenvalue weighted by atomic mass is 16.2. The van der Waals surface area contributed by atoms with Crippen molar-refractivity contribution in [2.45, 2.75) is 26.3 Å². The molecular weight excluding hydrogens is 254 g/mol. The summed E-state index contributed by atoms with van der Waals surface area (Å²) in [5, 5.41) is 9.66. The molecule has 2 rings (SSSR count). The summed E-state index contributed by atoms with van der Waals surface area (Å²) in [6.07, 6.45) is 0. The quantitative estimate of drug-likeness (QED) is 0.786. The Kier molecular flexibility index (Phi) is 3.65. The lowest BCUT2D eigenvalue weighted by atomic mass is 10.1. The number of nitrogen functional groups attached to an aromatic ring is 1. The molecule has 0 spiro atoms. The molecule has 1 aromatic carbocycles. The predicted octanol–water partition coefficient (Wildman–Crippen LogP) is 2.86. The van der Waals surface area contributed by atoms with Gasteiger partial charge in [-0.05, 0) is 32.9 Å². The van der Waals surface area contributed by atoms with Crippen LogP contribution in [0.15, 0.2) is 36.4 Å². The normalized spacial score (nSPS) is 11.2. The van der Waals surface area contributed by atoms with Gasteiger partial charge in [-0.25, -0.2) is 9.48 Å². The van der Waals surface area contributed by atoms with Crippen molar-refractivity contribution in [3.63, 3.8) is 0 Å². The lowest BCUT2D eigenvalue weighted by Gasteiger charge is -2.20. The summed E-state index contributed by atoms with van der Waals surface area (Å²) in [5.41, 5.74) is 6.36. The summed E-state index contributed by atoms with van der Waals surface area (Å²) in [7, 11) is 0. The van der Waals surface area contributed by atoms with E-state index in [2.05, 4.69) is 15.7 Å². The second-order valence-corrected chi connectivity index (χ2v) is 5.48. The topological polar surface area (TPSA) is 85.0 Å². The van der Waals surface area contributed by atoms with Crippen molar-refractivity contribution in [1.29, 1.82) is 0 Å². The molecule has 1 heterocycles. The molecule has 0 unspecified atom stereocenters. The van der Waals surface area contributed by atoms with E-state index in [1.807, 2.05) is 51.1 Å². The molecule has 2 amide bonds. The van der Waals surface area contributed by atoms with Crippen molar-refractivity contribution in [2.24, 2.45) is 0 Å². The maximum absolute atomic E-state index is 11.8. The van der Waals surface area contributed by atoms with Crippen molar-refractivity contribution in [3.8, 4) is 0 Å². The van der Waals surface area contributed by atoms with E-state index in [-0.39, 0.29) is 11.6 Å². The van der Waals surface area contributed by atoms with Crippen LogP contribution in [0.3, 0.4) is 0 Å². The Labute approximate surface area is 118 Å². The van der Waals surface area contributed by atoms with Crippen LogP contribution in [-0.4, -0.2) is 15.8 Å². The van der Waals surface area contributed by atoms with Gasteiger partial charge in [0.1, 0.15) is 5.82 Å². The molecule has 0 fully saturated rings. The zero-order valence-electron chi connectivity index (χ0n) is 11.8. The Morgan fingerprint density at radius 1 is 1.20 bits per heavy atom. The molecule has 0 saturated carbocycles. The summed E-state index contributed by atoms with van der Waals surface area (Å²) >= 11 is 0. The van der Waals surface area contributed by atoms with Crippen LogP contribution in [0.1, 0.15) is 20.8 Å². The van der Waals surface area contributed by atoms with E-state index in [9.17, 15) is 4.79 Å². The van der Waals surface area contributed by atoms with Crippen molar-refractivity contribution in [2.75, 3.05) is 16.4 Å². The molecule has 0 atom stereocenters. The minimum Gasteiger partial charge on any atom is -0.384 e. The summed E-state index contributed by atoms with van der Waals surface area (Å²) in [5.74, 6) is 0.929. The largest absolute Gasteiger partial charge is 0.384 e. The fourth-order valence-electron chi connectivity index (χ4n) is 1.79. The number of para-hydroxylation sites is 1. The van der Waals surface area contributed by atoms with Crippen LogP contribution in [0.2, 0.25) is 0 Å². The molecule has 2 aromatic rings. The molecule has 106 valence electrons. The predicted molar refractivity (Wildman–Crippen MR) is 80.7 cm³/mol. The van der Waals surface area contributed by atoms with E-state index in [1.54, 1.807) is 10.7 Å². The first-order valence-corrected chi connectivity index (χ1v) is 6.35. The second kappa shape index (κ2) is 5.24. The van der Waals surface area contributed by atoms with Crippen molar-refractivity contribution in [1.82, 2.24) is 9.78 Å². The van der Waals surface area contributed by atoms with Crippen LogP contribution in [-0.2, 0) is 5.54 Å². The lowest BCUT2D eigenvalue weighted by Crippen LogP contribution is -2.25. The third kappa shape index (κ3) is 3.28. The summed E-state index contributed by atoms with van der Waals surface area (Å²) < 4.78 is 1.67. The molecule has 4 N–H and O–H groups in total. The number of nitrogens with two attached hydrogens (primary N) is 1. The van der Waals surface area contributed by atoms with Gasteiger partial charge >= 0.3 is 6.03 Å². The highest BCUT2D eigenvalue weighted by molar-refractivity contribution is 5.99. The van der Waals surface area contributed by atoms with Crippen molar-refractivity contribution >= 4 is 23.4 Å². The van der Waals surface area contributed by atoms with E-state index in [0.717, 1.165) is 0 Å². The lowest BCUT2D eigenvalue weighted by molar-refractivity contribution is 0.262. The maximum Gasteiger partial charge on any atom is 0.324 e. The van der Waals surface area contributed by atoms with E-state index in [1.165, 1.54) is 0 Å². The SMILES string of the molecule is CC(C)(C)n1nc(NC(=O)Nc2ccccc2)cc1N. The number of aromatic nitrogens is 2. The molecule has 0 aliphatic carbocycles. The molecule has 0 aliphatic rings. The zero-order valence-corrected chi connectivity index (χ0v) is 11.8. The van der Waals surface area contributed by atoms with Gasteiger partial charge in [0.05, 0.1) is 5.54 Å². The van der Waals surface area contributed by atoms with Gasteiger partial charge < -0.3 is 11.1 Å². The van der Waals surface area contributed by atoms with Crippen LogP contribution in [0.5, 0.6) is 0 Å². The molecule has 20 heavy (non-hydrogen) atoms. The molecule has 6 heteroatoms. The monoisotopic (exact) mass is 273 g/mol. The third-order valence-electron chi connectivity index (χ3n) is 2.65. The Morgan fingerprint density at radius 3 is 2.40 bits per heavy atom. The Bertz CT molecular complexity index is 598. The van der Waals surface area contributed by atoms with Gasteiger partial charge in [0.2, 0.25) is 0 Å². The number of hydrogen-bond acceptors (Lipinski definition) is 3. The van der Waals surface area contributed by atoms with E-state index < -0.39 is 0 Å². The molecule has 0 radical (unpaired) electrons. The number of nitrogens with one attached hydrogen (secondary N) is 2. The third-order valence-corrected chi connectivity index (χ3v) is 2.65. The number of benzene rings is 1. The van der Waals surface area contributed by atoms with Crippen molar-refractivity contribution in [3.05, 3.63) is 36.4 Å². The van der Waals surface area contributed by atoms with Gasteiger partial charge in [-0.2, -0.15) is 5.10 Å². The van der Waals surface area contributed by atoms with Crippen LogP contribution >= 0.6 is 0 Å². The first-order chi connectivity index (χ1) is 9.36. The highest BCUT2D eigenvalue weighted by Crippen LogP contribution is 2.21. The molecule has 0 aliphatic heterocycles. The maximum atomic E-state index is 11.8. The fourth-order valence-corrected chi connectivity index (χ4v) is 1.79. The van der Waals surface area contributed by atoms with E-state index in [0.29, 0.717) is 17.3 Å². The standard InChI is InChI=1S/C14H19N5O/c1-14(2,3)19-11(15)9-12(18-19)17-13(20)16-10-7-5-4-6-8-10/h4-9H,15H2,1-3H3,(H2,16,17,18,20). The highest BCUT2D eigenvalue weighted by Gasteiger charge is 2.18. The van der Waals surface area contributed by atoms with Gasteiger partial charge in [-0.1, -0.05) is 18.2 Å². The summed E-state index contributed by atoms with van der Waals surface area (Å²) in [6.45, 7) is 5.97. The molecule has 6 nitrogen and oxygen atoms in total. The average molecular weight is 273 g/mol. The number of rotatable bonds is 2. The number of nitrogens with zero attached hydrogens (tertiary/aromatic N) is 2. The van der Waals surface area contributed by atoms with Gasteiger partial charge in [0.15, 0.2) is 5.82 Å². The molecular formula is C14H19N5O. The van der Waals surface area contributed by atoms with E-state index >= 15 is 0 Å².